The summed E-state index contributed by atoms with van der Waals surface area (Å²) in [5.41, 5.74) is 2.34. The lowest BCUT2D eigenvalue weighted by molar-refractivity contribution is 0.646. The second-order valence-corrected chi connectivity index (χ2v) is 9.70. The van der Waals surface area contributed by atoms with E-state index in [1.54, 1.807) is 6.20 Å². The maximum absolute atomic E-state index is 5.57. The Morgan fingerprint density at radius 1 is 0.778 bits per heavy atom. The molecule has 0 spiro atoms. The van der Waals surface area contributed by atoms with Crippen molar-refractivity contribution in [1.82, 2.24) is 20.3 Å². The number of thiocarbonyl (C=S) groups is 1. The maximum Gasteiger partial charge on any atom is 0.232 e. The molecule has 2 aromatic heterocycles. The van der Waals surface area contributed by atoms with Gasteiger partial charge in [-0.1, -0.05) is 37.1 Å². The summed E-state index contributed by atoms with van der Waals surface area (Å²) in [6.45, 7) is 6.40. The Morgan fingerprint density at radius 3 is 2.11 bits per heavy atom. The molecule has 36 heavy (non-hydrogen) atoms. The molecular weight excluding hydrogens is 468 g/mol. The van der Waals surface area contributed by atoms with Gasteiger partial charge >= 0.3 is 0 Å². The molecule has 2 saturated heterocycles. The van der Waals surface area contributed by atoms with Crippen molar-refractivity contribution in [3.8, 4) is 0 Å². The molecule has 2 fully saturated rings. The van der Waals surface area contributed by atoms with Crippen LogP contribution < -0.4 is 25.3 Å². The smallest absolute Gasteiger partial charge is 0.232 e. The fourth-order valence-corrected chi connectivity index (χ4v) is 4.93. The van der Waals surface area contributed by atoms with Crippen LogP contribution in [0.5, 0.6) is 0 Å². The van der Waals surface area contributed by atoms with Crippen molar-refractivity contribution in [2.75, 3.05) is 59.3 Å². The van der Waals surface area contributed by atoms with Crippen LogP contribution in [0, 0.1) is 0 Å². The topological polar surface area (TPSA) is 72.5 Å². The standard InChI is InChI=1S/C27H34N8S/c36-27(29-21-22-9-8-12-28-20-22)32-26-30-24(34-13-6-1-2-7-14-34)19-25(31-26)35-17-15-33(16-18-35)23-10-4-3-5-11-23/h3-5,8-12,19-20H,1-2,6-7,13-18,21H2,(H2,29,30,31,32,36). The molecule has 0 unspecified atom stereocenters. The number of piperazine rings is 1. The van der Waals surface area contributed by atoms with Crippen molar-refractivity contribution in [3.05, 3.63) is 66.5 Å². The Labute approximate surface area is 218 Å². The highest BCUT2D eigenvalue weighted by atomic mass is 32.1. The summed E-state index contributed by atoms with van der Waals surface area (Å²) in [6.07, 6.45) is 8.56. The number of rotatable bonds is 6. The first-order chi connectivity index (χ1) is 17.7. The lowest BCUT2D eigenvalue weighted by Gasteiger charge is -2.37. The van der Waals surface area contributed by atoms with Gasteiger partial charge in [0.05, 0.1) is 0 Å². The number of hydrogen-bond donors (Lipinski definition) is 2. The third-order valence-electron chi connectivity index (χ3n) is 6.76. The van der Waals surface area contributed by atoms with Crippen molar-refractivity contribution < 1.29 is 0 Å². The molecule has 2 aliphatic heterocycles. The van der Waals surface area contributed by atoms with Gasteiger partial charge in [-0.15, -0.1) is 0 Å². The molecular formula is C27H34N8S. The molecule has 9 heteroatoms. The minimum atomic E-state index is 0.506. The monoisotopic (exact) mass is 502 g/mol. The quantitative estimate of drug-likeness (QED) is 0.486. The van der Waals surface area contributed by atoms with Crippen LogP contribution in [0.1, 0.15) is 31.2 Å². The Kier molecular flexibility index (Phi) is 8.07. The SMILES string of the molecule is S=C(NCc1cccnc1)Nc1nc(N2CCCCCC2)cc(N2CCN(c3ccccc3)CC2)n1. The fourth-order valence-electron chi connectivity index (χ4n) is 4.77. The molecule has 0 amide bonds. The highest BCUT2D eigenvalue weighted by Crippen LogP contribution is 2.25. The Hall–Kier alpha value is -3.46. The third-order valence-corrected chi connectivity index (χ3v) is 7.00. The van der Waals surface area contributed by atoms with Gasteiger partial charge in [0.1, 0.15) is 11.6 Å². The Bertz CT molecular complexity index is 1110. The van der Waals surface area contributed by atoms with E-state index in [4.69, 9.17) is 22.2 Å². The first kappa shape index (κ1) is 24.2. The lowest BCUT2D eigenvalue weighted by atomic mass is 10.2. The average molecular weight is 503 g/mol. The van der Waals surface area contributed by atoms with Crippen LogP contribution in [-0.4, -0.2) is 59.3 Å². The van der Waals surface area contributed by atoms with Crippen LogP contribution in [-0.2, 0) is 6.54 Å². The predicted molar refractivity (Wildman–Crippen MR) is 151 cm³/mol. The van der Waals surface area contributed by atoms with Crippen molar-refractivity contribution in [3.63, 3.8) is 0 Å². The molecule has 0 bridgehead atoms. The second-order valence-electron chi connectivity index (χ2n) is 9.29. The van der Waals surface area contributed by atoms with E-state index in [1.807, 2.05) is 18.3 Å². The van der Waals surface area contributed by atoms with Crippen LogP contribution in [0.25, 0.3) is 0 Å². The van der Waals surface area contributed by atoms with Gasteiger partial charge in [-0.3, -0.25) is 4.98 Å². The van der Waals surface area contributed by atoms with Crippen molar-refractivity contribution >= 4 is 40.6 Å². The van der Waals surface area contributed by atoms with Gasteiger partial charge in [-0.25, -0.2) is 0 Å². The van der Waals surface area contributed by atoms with Crippen LogP contribution in [0.15, 0.2) is 60.9 Å². The summed E-state index contributed by atoms with van der Waals surface area (Å²) in [7, 11) is 0. The van der Waals surface area contributed by atoms with Gasteiger partial charge in [-0.05, 0) is 48.8 Å². The van der Waals surface area contributed by atoms with E-state index >= 15 is 0 Å². The van der Waals surface area contributed by atoms with E-state index in [0.29, 0.717) is 17.6 Å². The van der Waals surface area contributed by atoms with Crippen molar-refractivity contribution in [2.45, 2.75) is 32.2 Å². The number of benzene rings is 1. The summed E-state index contributed by atoms with van der Waals surface area (Å²) >= 11 is 5.57. The molecule has 0 aliphatic carbocycles. The van der Waals surface area contributed by atoms with E-state index in [1.165, 1.54) is 31.4 Å². The number of para-hydroxylation sites is 1. The number of nitrogens with one attached hydrogen (secondary N) is 2. The minimum absolute atomic E-state index is 0.506. The normalized spacial score (nSPS) is 16.4. The molecule has 4 heterocycles. The van der Waals surface area contributed by atoms with Crippen molar-refractivity contribution in [1.29, 1.82) is 0 Å². The largest absolute Gasteiger partial charge is 0.368 e. The van der Waals surface area contributed by atoms with Gasteiger partial charge in [0.2, 0.25) is 5.95 Å². The Morgan fingerprint density at radius 2 is 1.44 bits per heavy atom. The van der Waals surface area contributed by atoms with E-state index in [-0.39, 0.29) is 0 Å². The summed E-state index contributed by atoms with van der Waals surface area (Å²) < 4.78 is 0. The molecule has 1 aromatic carbocycles. The van der Waals surface area contributed by atoms with Crippen LogP contribution in [0.4, 0.5) is 23.3 Å². The van der Waals surface area contributed by atoms with Gasteiger partial charge in [0.15, 0.2) is 5.11 Å². The molecule has 0 saturated carbocycles. The molecule has 2 N–H and O–H groups in total. The number of hydrogen-bond acceptors (Lipinski definition) is 7. The van der Waals surface area contributed by atoms with Gasteiger partial charge < -0.3 is 25.3 Å². The molecule has 8 nitrogen and oxygen atoms in total. The van der Waals surface area contributed by atoms with Gasteiger partial charge in [0, 0.05) is 70.0 Å². The predicted octanol–water partition coefficient (Wildman–Crippen LogP) is 4.07. The molecule has 188 valence electrons. The maximum atomic E-state index is 5.57. The third kappa shape index (κ3) is 6.40. The van der Waals surface area contributed by atoms with Gasteiger partial charge in [0.25, 0.3) is 0 Å². The zero-order valence-electron chi connectivity index (χ0n) is 20.6. The zero-order chi connectivity index (χ0) is 24.6. The van der Waals surface area contributed by atoms with E-state index in [2.05, 4.69) is 66.7 Å². The minimum Gasteiger partial charge on any atom is -0.368 e. The first-order valence-corrected chi connectivity index (χ1v) is 13.3. The zero-order valence-corrected chi connectivity index (χ0v) is 21.5. The molecule has 0 radical (unpaired) electrons. The highest BCUT2D eigenvalue weighted by molar-refractivity contribution is 7.80. The summed E-state index contributed by atoms with van der Waals surface area (Å²) in [4.78, 5) is 21.1. The number of aromatic nitrogens is 3. The Balaban J connectivity index is 1.30. The lowest BCUT2D eigenvalue weighted by Crippen LogP contribution is -2.47. The second kappa shape index (κ2) is 12.0. The molecule has 3 aromatic rings. The van der Waals surface area contributed by atoms with Crippen molar-refractivity contribution in [2.24, 2.45) is 0 Å². The average Bonchev–Trinajstić information content (AvgIpc) is 3.23. The van der Waals surface area contributed by atoms with E-state index in [0.717, 1.165) is 56.5 Å². The molecule has 2 aliphatic rings. The van der Waals surface area contributed by atoms with Crippen LogP contribution in [0.2, 0.25) is 0 Å². The highest BCUT2D eigenvalue weighted by Gasteiger charge is 2.21. The number of nitrogens with zero attached hydrogens (tertiary/aromatic N) is 6. The van der Waals surface area contributed by atoms with E-state index in [9.17, 15) is 0 Å². The van der Waals surface area contributed by atoms with Crippen LogP contribution in [0.3, 0.4) is 0 Å². The number of pyridine rings is 1. The summed E-state index contributed by atoms with van der Waals surface area (Å²) in [6, 6.07) is 16.7. The van der Waals surface area contributed by atoms with E-state index < -0.39 is 0 Å². The van der Waals surface area contributed by atoms with Gasteiger partial charge in [-0.2, -0.15) is 9.97 Å². The fraction of sp³-hybridized carbons (Fsp3) is 0.407. The number of anilines is 4. The molecule has 5 rings (SSSR count). The summed E-state index contributed by atoms with van der Waals surface area (Å²) in [5.74, 6) is 2.47. The molecule has 0 atom stereocenters. The summed E-state index contributed by atoms with van der Waals surface area (Å²) in [5, 5.41) is 6.99. The first-order valence-electron chi connectivity index (χ1n) is 12.9. The van der Waals surface area contributed by atoms with Crippen LogP contribution >= 0.6 is 12.2 Å².